The van der Waals surface area contributed by atoms with E-state index in [0.29, 0.717) is 17.9 Å². The van der Waals surface area contributed by atoms with Crippen LogP contribution in [0.4, 0.5) is 4.39 Å². The van der Waals surface area contributed by atoms with E-state index in [-0.39, 0.29) is 6.61 Å². The number of halogens is 1. The number of rotatable bonds is 6. The van der Waals surface area contributed by atoms with Crippen LogP contribution >= 0.6 is 0 Å². The van der Waals surface area contributed by atoms with Crippen LogP contribution in [0, 0.1) is 5.41 Å². The molecule has 3 heteroatoms. The first-order valence-electron chi connectivity index (χ1n) is 5.22. The van der Waals surface area contributed by atoms with Crippen LogP contribution in [-0.4, -0.2) is 19.0 Å². The van der Waals surface area contributed by atoms with Gasteiger partial charge in [-0.25, -0.2) is 4.39 Å². The maximum Gasteiger partial charge on any atom is 0.123 e. The topological polar surface area (TPSA) is 33.1 Å². The van der Waals surface area contributed by atoms with Crippen LogP contribution in [0.15, 0.2) is 30.3 Å². The molecule has 16 heavy (non-hydrogen) atoms. The smallest absolute Gasteiger partial charge is 0.123 e. The van der Waals surface area contributed by atoms with Crippen LogP contribution in [0.1, 0.15) is 18.9 Å². The van der Waals surface area contributed by atoms with Crippen molar-refractivity contribution >= 4 is 11.8 Å². The van der Waals surface area contributed by atoms with E-state index in [9.17, 15) is 4.39 Å². The molecule has 0 fully saturated rings. The van der Waals surface area contributed by atoms with Crippen molar-refractivity contribution in [2.75, 3.05) is 13.3 Å². The highest BCUT2D eigenvalue weighted by atomic mass is 19.1. The van der Waals surface area contributed by atoms with E-state index in [4.69, 9.17) is 10.1 Å². The molecule has 0 spiro atoms. The molecule has 0 bridgehead atoms. The number of hydrogen-bond acceptors (Lipinski definition) is 2. The van der Waals surface area contributed by atoms with Gasteiger partial charge < -0.3 is 10.1 Å². The lowest BCUT2D eigenvalue weighted by atomic mass is 10.2. The van der Waals surface area contributed by atoms with E-state index in [1.54, 1.807) is 6.92 Å². The van der Waals surface area contributed by atoms with Gasteiger partial charge in [-0.3, -0.25) is 0 Å². The number of hydrogen-bond donors (Lipinski definition) is 1. The number of benzene rings is 1. The maximum absolute atomic E-state index is 11.8. The highest BCUT2D eigenvalue weighted by Gasteiger charge is 1.92. The molecule has 0 aliphatic carbocycles. The quantitative estimate of drug-likeness (QED) is 0.733. The lowest BCUT2D eigenvalue weighted by Crippen LogP contribution is -1.98. The first-order chi connectivity index (χ1) is 7.72. The Labute approximate surface area is 95.3 Å². The molecular formula is C13H16FNO. The first kappa shape index (κ1) is 12.4. The van der Waals surface area contributed by atoms with Gasteiger partial charge in [0.15, 0.2) is 0 Å². The monoisotopic (exact) mass is 221 g/mol. The van der Waals surface area contributed by atoms with Gasteiger partial charge in [0.05, 0.1) is 0 Å². The van der Waals surface area contributed by atoms with Crippen molar-refractivity contribution in [2.24, 2.45) is 0 Å². The molecule has 0 radical (unpaired) electrons. The number of alkyl halides is 1. The molecule has 0 aliphatic rings. The van der Waals surface area contributed by atoms with Gasteiger partial charge in [0.2, 0.25) is 0 Å². The fourth-order valence-corrected chi connectivity index (χ4v) is 1.20. The standard InChI is InChI=1S/C13H16FNO/c1-11(15)3-2-4-12-5-7-13(8-6-12)16-10-9-14/h2,4-8,15H,3,9-10H2,1H3/b4-2+,15-11?. The second-order valence-electron chi connectivity index (χ2n) is 3.49. The molecule has 0 aliphatic heterocycles. The fraction of sp³-hybridized carbons (Fsp3) is 0.308. The van der Waals surface area contributed by atoms with E-state index < -0.39 is 6.67 Å². The van der Waals surface area contributed by atoms with Gasteiger partial charge in [-0.2, -0.15) is 0 Å². The van der Waals surface area contributed by atoms with Gasteiger partial charge in [0.1, 0.15) is 19.0 Å². The summed E-state index contributed by atoms with van der Waals surface area (Å²) in [6.45, 7) is 1.40. The summed E-state index contributed by atoms with van der Waals surface area (Å²) in [5, 5.41) is 7.26. The third-order valence-electron chi connectivity index (χ3n) is 1.96. The second-order valence-corrected chi connectivity index (χ2v) is 3.49. The Hall–Kier alpha value is -1.64. The zero-order chi connectivity index (χ0) is 11.8. The lowest BCUT2D eigenvalue weighted by Gasteiger charge is -2.03. The Kier molecular flexibility index (Phi) is 5.26. The molecule has 2 nitrogen and oxygen atoms in total. The van der Waals surface area contributed by atoms with E-state index in [2.05, 4.69) is 0 Å². The molecule has 0 saturated heterocycles. The molecule has 0 saturated carbocycles. The number of nitrogens with one attached hydrogen (secondary N) is 1. The Balaban J connectivity index is 2.50. The Bertz CT molecular complexity index is 357. The minimum atomic E-state index is -0.472. The highest BCUT2D eigenvalue weighted by molar-refractivity contribution is 5.80. The minimum absolute atomic E-state index is 0.0994. The van der Waals surface area contributed by atoms with Gasteiger partial charge >= 0.3 is 0 Å². The Morgan fingerprint density at radius 3 is 2.62 bits per heavy atom. The van der Waals surface area contributed by atoms with Crippen molar-refractivity contribution in [3.05, 3.63) is 35.9 Å². The lowest BCUT2D eigenvalue weighted by molar-refractivity contribution is 0.273. The summed E-state index contributed by atoms with van der Waals surface area (Å²) in [6.07, 6.45) is 4.57. The first-order valence-corrected chi connectivity index (χ1v) is 5.22. The van der Waals surface area contributed by atoms with Crippen LogP contribution < -0.4 is 4.74 Å². The van der Waals surface area contributed by atoms with Crippen molar-refractivity contribution in [3.63, 3.8) is 0 Å². The van der Waals surface area contributed by atoms with Gasteiger partial charge in [-0.1, -0.05) is 24.3 Å². The van der Waals surface area contributed by atoms with Crippen LogP contribution in [0.25, 0.3) is 6.08 Å². The molecule has 0 amide bonds. The largest absolute Gasteiger partial charge is 0.491 e. The summed E-state index contributed by atoms with van der Waals surface area (Å²) in [5.41, 5.74) is 1.69. The maximum atomic E-state index is 11.8. The molecule has 1 aromatic carbocycles. The Morgan fingerprint density at radius 1 is 1.38 bits per heavy atom. The van der Waals surface area contributed by atoms with Gasteiger partial charge in [0, 0.05) is 12.1 Å². The van der Waals surface area contributed by atoms with Crippen molar-refractivity contribution < 1.29 is 9.13 Å². The number of allylic oxidation sites excluding steroid dienone is 1. The van der Waals surface area contributed by atoms with Crippen molar-refractivity contribution in [1.82, 2.24) is 0 Å². The van der Waals surface area contributed by atoms with Gasteiger partial charge in [-0.05, 0) is 24.6 Å². The zero-order valence-electron chi connectivity index (χ0n) is 9.37. The van der Waals surface area contributed by atoms with Crippen LogP contribution in [0.3, 0.4) is 0 Å². The normalized spacial score (nSPS) is 10.6. The highest BCUT2D eigenvalue weighted by Crippen LogP contribution is 2.13. The molecule has 1 aromatic rings. The van der Waals surface area contributed by atoms with Crippen molar-refractivity contribution in [1.29, 1.82) is 5.41 Å². The van der Waals surface area contributed by atoms with Crippen molar-refractivity contribution in [3.8, 4) is 5.75 Å². The summed E-state index contributed by atoms with van der Waals surface area (Å²) in [5.74, 6) is 0.679. The number of ether oxygens (including phenoxy) is 1. The van der Waals surface area contributed by atoms with Gasteiger partial charge in [-0.15, -0.1) is 0 Å². The van der Waals surface area contributed by atoms with Crippen LogP contribution in [-0.2, 0) is 0 Å². The fourth-order valence-electron chi connectivity index (χ4n) is 1.20. The van der Waals surface area contributed by atoms with Crippen LogP contribution in [0.2, 0.25) is 0 Å². The molecular weight excluding hydrogens is 205 g/mol. The molecule has 86 valence electrons. The molecule has 1 N–H and O–H groups in total. The second kappa shape index (κ2) is 6.77. The summed E-state index contributed by atoms with van der Waals surface area (Å²) in [7, 11) is 0. The minimum Gasteiger partial charge on any atom is -0.491 e. The molecule has 0 aromatic heterocycles. The summed E-state index contributed by atoms with van der Waals surface area (Å²) in [6, 6.07) is 7.44. The van der Waals surface area contributed by atoms with E-state index in [1.165, 1.54) is 0 Å². The van der Waals surface area contributed by atoms with Gasteiger partial charge in [0.25, 0.3) is 0 Å². The molecule has 0 heterocycles. The van der Waals surface area contributed by atoms with E-state index >= 15 is 0 Å². The molecule has 0 unspecified atom stereocenters. The summed E-state index contributed by atoms with van der Waals surface area (Å²) < 4.78 is 17.0. The van der Waals surface area contributed by atoms with Crippen molar-refractivity contribution in [2.45, 2.75) is 13.3 Å². The van der Waals surface area contributed by atoms with E-state index in [1.807, 2.05) is 36.4 Å². The molecule has 0 atom stereocenters. The van der Waals surface area contributed by atoms with Crippen LogP contribution in [0.5, 0.6) is 5.75 Å². The SMILES string of the molecule is CC(=N)C/C=C/c1ccc(OCCF)cc1. The summed E-state index contributed by atoms with van der Waals surface area (Å²) in [4.78, 5) is 0. The summed E-state index contributed by atoms with van der Waals surface area (Å²) >= 11 is 0. The Morgan fingerprint density at radius 2 is 2.06 bits per heavy atom. The predicted molar refractivity (Wildman–Crippen MR) is 65.0 cm³/mol. The molecule has 1 rings (SSSR count). The average molecular weight is 221 g/mol. The predicted octanol–water partition coefficient (Wildman–Crippen LogP) is 3.48. The zero-order valence-corrected chi connectivity index (χ0v) is 9.37. The van der Waals surface area contributed by atoms with E-state index in [0.717, 1.165) is 5.56 Å². The third kappa shape index (κ3) is 4.73. The third-order valence-corrected chi connectivity index (χ3v) is 1.96. The average Bonchev–Trinajstić information content (AvgIpc) is 2.27.